The van der Waals surface area contributed by atoms with Crippen LogP contribution in [0.1, 0.15) is 37.5 Å². The highest BCUT2D eigenvalue weighted by atomic mass is 19.1. The van der Waals surface area contributed by atoms with E-state index < -0.39 is 6.85 Å². The van der Waals surface area contributed by atoms with E-state index in [1.807, 2.05) is 91.6 Å². The largest absolute Gasteiger partial charge is 0.455 e. The van der Waals surface area contributed by atoms with Crippen LogP contribution in [0.25, 0.3) is 220 Å². The molecule has 0 atom stereocenters. The maximum atomic E-state index is 13.4. The third-order valence-corrected chi connectivity index (χ3v) is 25.4. The Balaban J connectivity index is 0.000000105. The maximum Gasteiger partial charge on any atom is 0.216 e. The highest BCUT2D eigenvalue weighted by Gasteiger charge is 2.28. The number of fused-ring (bicyclic) bond motifs is 16. The first-order chi connectivity index (χ1) is 63.2. The highest BCUT2D eigenvalue weighted by molar-refractivity contribution is 6.17. The molecule has 8 heterocycles. The van der Waals surface area contributed by atoms with E-state index in [-0.39, 0.29) is 5.82 Å². The molecule has 24 aromatic rings. The third-order valence-electron chi connectivity index (χ3n) is 25.4. The smallest absolute Gasteiger partial charge is 0.216 e. The summed E-state index contributed by atoms with van der Waals surface area (Å²) >= 11 is 0. The Labute approximate surface area is 739 Å². The fraction of sp³-hybridized carbons (Fsp3) is 0.0847. The Hall–Kier alpha value is -15.7. The molecule has 0 N–H and O–H groups in total. The molecule has 0 aliphatic carbocycles. The first-order valence-corrected chi connectivity index (χ1v) is 43.0. The SMILES string of the molecule is Cc1ccc(-c2cc[n+](C)c(-c3c(C)ccc4c3oc3cc5ccccc5cc34)c2)cc1.Cc1ccc2c(oc3cc4ccccc4cc32)c1-c1cc(-c2ccc(F)cc2)cc[n+]1C.Cc1ccc2c(oc3cc4ccccc4cc32)c1-c1cc(-c2ccccc2)cc[n+]1C.[2H]C([2H])([2H])c1c[n+](C)c(-c2c(C)ccc3c2oc2cc4ccccc4cc23)cc1-c1ccccc1. The van der Waals surface area contributed by atoms with Crippen LogP contribution in [0.15, 0.2) is 388 Å². The summed E-state index contributed by atoms with van der Waals surface area (Å²) in [7, 11) is 8.14. The van der Waals surface area contributed by atoms with E-state index in [1.54, 1.807) is 6.20 Å². The molecule has 0 aliphatic heterocycles. The van der Waals surface area contributed by atoms with Crippen molar-refractivity contribution in [1.82, 2.24) is 0 Å². The minimum absolute atomic E-state index is 0.231. The minimum atomic E-state index is -2.23. The fourth-order valence-corrected chi connectivity index (χ4v) is 18.5. The molecular formula is C118H91FN4O4+4. The van der Waals surface area contributed by atoms with E-state index in [9.17, 15) is 4.39 Å². The number of halogens is 1. The summed E-state index contributed by atoms with van der Waals surface area (Å²) < 4.78 is 72.3. The molecule has 8 nitrogen and oxygen atoms in total. The van der Waals surface area contributed by atoms with Crippen LogP contribution in [-0.2, 0) is 28.2 Å². The van der Waals surface area contributed by atoms with Crippen molar-refractivity contribution in [2.45, 2.75) is 41.5 Å². The van der Waals surface area contributed by atoms with E-state index in [0.717, 1.165) is 166 Å². The molecule has 8 aromatic heterocycles. The lowest BCUT2D eigenvalue weighted by Gasteiger charge is -2.10. The Morgan fingerprint density at radius 1 is 0.236 bits per heavy atom. The summed E-state index contributed by atoms with van der Waals surface area (Å²) in [5.41, 5.74) is 30.5. The van der Waals surface area contributed by atoms with Crippen LogP contribution in [0.4, 0.5) is 4.39 Å². The molecule has 0 spiro atoms. The molecule has 0 aliphatic rings. The molecule has 0 saturated heterocycles. The van der Waals surface area contributed by atoms with Crippen molar-refractivity contribution in [3.05, 3.63) is 410 Å². The fourth-order valence-electron chi connectivity index (χ4n) is 18.5. The van der Waals surface area contributed by atoms with Crippen LogP contribution in [0.2, 0.25) is 0 Å². The molecule has 0 radical (unpaired) electrons. The third kappa shape index (κ3) is 14.4. The van der Waals surface area contributed by atoms with Gasteiger partial charge in [0.05, 0.1) is 22.3 Å². The van der Waals surface area contributed by atoms with E-state index in [0.29, 0.717) is 11.1 Å². The van der Waals surface area contributed by atoms with E-state index in [4.69, 9.17) is 21.8 Å². The number of nitrogens with zero attached hydrogens (tertiary/aromatic N) is 4. The van der Waals surface area contributed by atoms with Gasteiger partial charge in [-0.1, -0.05) is 248 Å². The Morgan fingerprint density at radius 2 is 0.512 bits per heavy atom. The first-order valence-electron chi connectivity index (χ1n) is 44.5. The summed E-state index contributed by atoms with van der Waals surface area (Å²) in [5, 5.41) is 18.5. The molecule has 0 unspecified atom stereocenters. The van der Waals surface area contributed by atoms with Gasteiger partial charge in [-0.25, -0.2) is 22.7 Å². The lowest BCUT2D eigenvalue weighted by molar-refractivity contribution is -0.660. The number of hydrogen-bond donors (Lipinski definition) is 0. The number of aryl methyl sites for hydroxylation is 10. The van der Waals surface area contributed by atoms with Gasteiger partial charge in [-0.05, 0) is 212 Å². The average molecular weight is 1650 g/mol. The van der Waals surface area contributed by atoms with Gasteiger partial charge in [0.2, 0.25) is 22.8 Å². The standard InChI is InChI=1S/2C30H24NO.C29H21FNO.C29H22NO/c1-19-13-14-24-26-15-22-11-7-8-12-23(22)16-28(26)32-30(24)29(19)27-17-25(20(2)18-31(27)3)21-9-5-4-6-10-21;1-19-8-11-21(12-9-19)24-14-15-31(3)27(17-24)29-20(2)10-13-25-26-16-22-6-4-5-7-23(22)18-28(26)32-30(25)29;1-18-7-12-24-25-15-20-5-3-4-6-21(20)17-27(25)32-29(24)28(18)26-16-22(13-14-31(26)2)19-8-10-23(30)11-9-19;1-19-12-13-24-25-16-21-10-6-7-11-22(21)18-27(25)31-29(24)28(19)26-17-23(14-15-30(26)2)20-8-4-3-5-9-20/h2*4-18H,1-3H3;3-17H,1-2H3;3-18H,1-2H3/q4*+1/i2D3;;;. The maximum absolute atomic E-state index is 13.4. The van der Waals surface area contributed by atoms with Gasteiger partial charge in [0.15, 0.2) is 24.8 Å². The second-order valence-electron chi connectivity index (χ2n) is 33.7. The second-order valence-corrected chi connectivity index (χ2v) is 33.7. The normalized spacial score (nSPS) is 12.0. The molecular weight excluding hydrogens is 1560 g/mol. The molecule has 0 amide bonds. The topological polar surface area (TPSA) is 68.1 Å². The summed E-state index contributed by atoms with van der Waals surface area (Å²) in [6.07, 6.45) is 8.05. The van der Waals surface area contributed by atoms with Crippen LogP contribution in [0.3, 0.4) is 0 Å². The van der Waals surface area contributed by atoms with E-state index in [1.165, 1.54) is 88.8 Å². The second kappa shape index (κ2) is 32.2. The summed E-state index contributed by atoms with van der Waals surface area (Å²) in [6.45, 7) is 8.39. The Kier molecular flexibility index (Phi) is 19.0. The van der Waals surface area contributed by atoms with Gasteiger partial charge in [0.1, 0.15) is 78.7 Å². The van der Waals surface area contributed by atoms with Crippen molar-refractivity contribution in [3.8, 4) is 89.5 Å². The predicted molar refractivity (Wildman–Crippen MR) is 521 cm³/mol. The summed E-state index contributed by atoms with van der Waals surface area (Å²) in [6, 6.07) is 119. The monoisotopic (exact) mass is 1650 g/mol. The molecule has 610 valence electrons. The van der Waals surface area contributed by atoms with Gasteiger partial charge in [-0.2, -0.15) is 0 Å². The molecule has 16 aromatic carbocycles. The Bertz CT molecular complexity index is 8390. The van der Waals surface area contributed by atoms with Crippen LogP contribution in [0, 0.1) is 47.3 Å². The summed E-state index contributed by atoms with van der Waals surface area (Å²) in [5.74, 6) is -0.231. The average Bonchev–Trinajstić information content (AvgIpc) is 1.68. The number of benzene rings is 16. The molecule has 24 rings (SSSR count). The number of hydrogen-bond acceptors (Lipinski definition) is 4. The molecule has 127 heavy (non-hydrogen) atoms. The van der Waals surface area contributed by atoms with E-state index >= 15 is 0 Å². The van der Waals surface area contributed by atoms with Crippen LogP contribution in [0.5, 0.6) is 0 Å². The molecule has 0 bridgehead atoms. The van der Waals surface area contributed by atoms with Gasteiger partial charge in [-0.15, -0.1) is 0 Å². The Morgan fingerprint density at radius 3 is 0.827 bits per heavy atom. The minimum Gasteiger partial charge on any atom is -0.455 e. The van der Waals surface area contributed by atoms with Crippen molar-refractivity contribution in [3.63, 3.8) is 0 Å². The van der Waals surface area contributed by atoms with Crippen molar-refractivity contribution in [2.75, 3.05) is 0 Å². The molecule has 0 saturated carbocycles. The molecule has 9 heteroatoms. The van der Waals surface area contributed by atoms with Crippen molar-refractivity contribution >= 4 is 131 Å². The zero-order valence-electron chi connectivity index (χ0n) is 75.0. The van der Waals surface area contributed by atoms with Crippen molar-refractivity contribution in [1.29, 1.82) is 0 Å². The first kappa shape index (κ1) is 75.1. The lowest BCUT2D eigenvalue weighted by Crippen LogP contribution is -2.31. The predicted octanol–water partition coefficient (Wildman–Crippen LogP) is 29.6. The number of pyridine rings is 4. The number of furan rings is 4. The zero-order chi connectivity index (χ0) is 88.9. The quantitative estimate of drug-likeness (QED) is 0.142. The van der Waals surface area contributed by atoms with Gasteiger partial charge >= 0.3 is 0 Å². The number of rotatable bonds is 8. The van der Waals surface area contributed by atoms with Crippen LogP contribution >= 0.6 is 0 Å². The van der Waals surface area contributed by atoms with Gasteiger partial charge < -0.3 is 17.7 Å². The van der Waals surface area contributed by atoms with Gasteiger partial charge in [-0.3, -0.25) is 0 Å². The van der Waals surface area contributed by atoms with Crippen molar-refractivity contribution < 1.29 is 44.4 Å². The van der Waals surface area contributed by atoms with E-state index in [2.05, 4.69) is 342 Å². The summed E-state index contributed by atoms with van der Waals surface area (Å²) in [4.78, 5) is 0. The molecule has 0 fully saturated rings. The highest BCUT2D eigenvalue weighted by Crippen LogP contribution is 2.46. The van der Waals surface area contributed by atoms with Gasteiger partial charge in [0.25, 0.3) is 0 Å². The zero-order valence-corrected chi connectivity index (χ0v) is 72.0. The number of aromatic nitrogens is 4. The van der Waals surface area contributed by atoms with Crippen LogP contribution in [-0.4, -0.2) is 0 Å². The lowest BCUT2D eigenvalue weighted by atomic mass is 9.96. The van der Waals surface area contributed by atoms with Crippen LogP contribution < -0.4 is 18.3 Å². The van der Waals surface area contributed by atoms with Crippen molar-refractivity contribution in [2.24, 2.45) is 28.2 Å². The van der Waals surface area contributed by atoms with Gasteiger partial charge in [0, 0.05) is 95.2 Å².